The fourth-order valence-electron chi connectivity index (χ4n) is 2.41. The molecule has 2 N–H and O–H groups in total. The van der Waals surface area contributed by atoms with Crippen LogP contribution in [0.25, 0.3) is 0 Å². The molecule has 0 aromatic rings. The van der Waals surface area contributed by atoms with Crippen LogP contribution in [-0.2, 0) is 14.2 Å². The summed E-state index contributed by atoms with van der Waals surface area (Å²) in [5.74, 6) is 0. The molecule has 0 radical (unpaired) electrons. The Morgan fingerprint density at radius 3 is 2.74 bits per heavy atom. The summed E-state index contributed by atoms with van der Waals surface area (Å²) in [4.78, 5) is 10.5. The van der Waals surface area contributed by atoms with E-state index in [1.54, 1.807) is 0 Å². The Hall–Kier alpha value is -0.800. The monoisotopic (exact) mass is 277 g/mol. The van der Waals surface area contributed by atoms with Gasteiger partial charge in [-0.05, 0) is 0 Å². The van der Waals surface area contributed by atoms with Gasteiger partial charge in [0, 0.05) is 17.8 Å². The second-order valence-corrected chi connectivity index (χ2v) is 4.97. The van der Waals surface area contributed by atoms with Gasteiger partial charge in [0.1, 0.15) is 0 Å². The maximum absolute atomic E-state index is 10.9. The second-order valence-electron chi connectivity index (χ2n) is 4.97. The van der Waals surface area contributed by atoms with Crippen LogP contribution in [-0.4, -0.2) is 65.6 Å². The van der Waals surface area contributed by atoms with Crippen LogP contribution in [0.15, 0.2) is 0 Å². The second kappa shape index (κ2) is 6.58. The molecule has 0 unspecified atom stereocenters. The highest BCUT2D eigenvalue weighted by molar-refractivity contribution is 4.76. The SMILES string of the molecule is O=[N+]([O-])[C@@H]1C[C@H](CO)O[C@H](O[C@H]2COC[C@@H](O)C2)C1. The molecule has 2 saturated heterocycles. The standard InChI is InChI=1S/C11H19NO7/c13-4-9-1-7(12(15)16)2-11(18-9)19-10-3-8(14)5-17-6-10/h7-11,13-14H,1-6H2/t7-,8+,9-,10-,11-/m1/s1. The molecule has 0 amide bonds. The summed E-state index contributed by atoms with van der Waals surface area (Å²) in [6.07, 6.45) is -1.47. The number of ether oxygens (including phenoxy) is 3. The third-order valence-electron chi connectivity index (χ3n) is 3.34. The first-order chi connectivity index (χ1) is 9.08. The van der Waals surface area contributed by atoms with Crippen molar-refractivity contribution in [3.8, 4) is 0 Å². The van der Waals surface area contributed by atoms with Crippen LogP contribution >= 0.6 is 0 Å². The van der Waals surface area contributed by atoms with Crippen molar-refractivity contribution in [3.63, 3.8) is 0 Å². The zero-order valence-corrected chi connectivity index (χ0v) is 10.5. The molecule has 5 atom stereocenters. The summed E-state index contributed by atoms with van der Waals surface area (Å²) in [5, 5.41) is 29.4. The Morgan fingerprint density at radius 1 is 1.32 bits per heavy atom. The van der Waals surface area contributed by atoms with Gasteiger partial charge in [-0.2, -0.15) is 0 Å². The normalized spacial score (nSPS) is 40.0. The summed E-state index contributed by atoms with van der Waals surface area (Å²) < 4.78 is 16.2. The van der Waals surface area contributed by atoms with Crippen molar-refractivity contribution in [2.24, 2.45) is 0 Å². The van der Waals surface area contributed by atoms with Crippen LogP contribution in [0.5, 0.6) is 0 Å². The van der Waals surface area contributed by atoms with Crippen LogP contribution in [0.3, 0.4) is 0 Å². The molecule has 0 aliphatic carbocycles. The van der Waals surface area contributed by atoms with E-state index >= 15 is 0 Å². The van der Waals surface area contributed by atoms with Gasteiger partial charge in [-0.25, -0.2) is 0 Å². The topological polar surface area (TPSA) is 111 Å². The Bertz CT molecular complexity index is 313. The number of aliphatic hydroxyl groups is 2. The molecule has 8 nitrogen and oxygen atoms in total. The van der Waals surface area contributed by atoms with Gasteiger partial charge in [0.2, 0.25) is 6.04 Å². The molecular formula is C11H19NO7. The van der Waals surface area contributed by atoms with Gasteiger partial charge in [-0.3, -0.25) is 10.1 Å². The molecule has 0 spiro atoms. The first-order valence-corrected chi connectivity index (χ1v) is 6.39. The van der Waals surface area contributed by atoms with E-state index < -0.39 is 24.5 Å². The molecule has 0 saturated carbocycles. The minimum atomic E-state index is -0.773. The molecule has 19 heavy (non-hydrogen) atoms. The number of hydrogen-bond donors (Lipinski definition) is 2. The van der Waals surface area contributed by atoms with Crippen molar-refractivity contribution in [2.75, 3.05) is 19.8 Å². The zero-order chi connectivity index (χ0) is 13.8. The highest BCUT2D eigenvalue weighted by Crippen LogP contribution is 2.25. The van der Waals surface area contributed by atoms with E-state index in [2.05, 4.69) is 0 Å². The smallest absolute Gasteiger partial charge is 0.220 e. The van der Waals surface area contributed by atoms with E-state index in [1.165, 1.54) is 0 Å². The number of nitrogens with zero attached hydrogens (tertiary/aromatic N) is 1. The molecule has 2 rings (SSSR count). The number of hydrogen-bond acceptors (Lipinski definition) is 7. The lowest BCUT2D eigenvalue weighted by Crippen LogP contribution is -2.45. The molecule has 8 heteroatoms. The van der Waals surface area contributed by atoms with E-state index in [0.717, 1.165) is 0 Å². The van der Waals surface area contributed by atoms with Crippen LogP contribution in [0.4, 0.5) is 0 Å². The Labute approximate surface area is 110 Å². The molecular weight excluding hydrogens is 258 g/mol. The van der Waals surface area contributed by atoms with Crippen molar-refractivity contribution < 1.29 is 29.3 Å². The summed E-state index contributed by atoms with van der Waals surface area (Å²) in [6.45, 7) is 0.347. The van der Waals surface area contributed by atoms with Crippen molar-refractivity contribution in [1.82, 2.24) is 0 Å². The van der Waals surface area contributed by atoms with Gasteiger partial charge >= 0.3 is 0 Å². The van der Waals surface area contributed by atoms with E-state index in [4.69, 9.17) is 19.3 Å². The van der Waals surface area contributed by atoms with E-state index in [9.17, 15) is 15.2 Å². The predicted molar refractivity (Wildman–Crippen MR) is 62.1 cm³/mol. The van der Waals surface area contributed by atoms with Gasteiger partial charge < -0.3 is 24.4 Å². The highest BCUT2D eigenvalue weighted by Gasteiger charge is 2.38. The third kappa shape index (κ3) is 4.08. The Balaban J connectivity index is 1.89. The van der Waals surface area contributed by atoms with E-state index in [0.29, 0.717) is 13.0 Å². The average Bonchev–Trinajstić information content (AvgIpc) is 2.38. The lowest BCUT2D eigenvalue weighted by Gasteiger charge is -2.34. The number of aliphatic hydroxyl groups excluding tert-OH is 2. The van der Waals surface area contributed by atoms with Crippen LogP contribution < -0.4 is 0 Å². The summed E-state index contributed by atoms with van der Waals surface area (Å²) in [5.41, 5.74) is 0. The van der Waals surface area contributed by atoms with E-state index in [-0.39, 0.29) is 37.1 Å². The van der Waals surface area contributed by atoms with Crippen molar-refractivity contribution >= 4 is 0 Å². The van der Waals surface area contributed by atoms with Crippen LogP contribution in [0.2, 0.25) is 0 Å². The lowest BCUT2D eigenvalue weighted by atomic mass is 10.0. The van der Waals surface area contributed by atoms with Crippen LogP contribution in [0, 0.1) is 10.1 Å². The van der Waals surface area contributed by atoms with Gasteiger partial charge in [-0.1, -0.05) is 0 Å². The van der Waals surface area contributed by atoms with Crippen molar-refractivity contribution in [3.05, 3.63) is 10.1 Å². The largest absolute Gasteiger partial charge is 0.394 e. The summed E-state index contributed by atoms with van der Waals surface area (Å²) in [6, 6.07) is -0.773. The first-order valence-electron chi connectivity index (χ1n) is 6.39. The van der Waals surface area contributed by atoms with Gasteiger partial charge in [0.15, 0.2) is 6.29 Å². The van der Waals surface area contributed by atoms with Crippen molar-refractivity contribution in [1.29, 1.82) is 0 Å². The molecule has 0 aromatic carbocycles. The minimum absolute atomic E-state index is 0.149. The van der Waals surface area contributed by atoms with Crippen molar-refractivity contribution in [2.45, 2.75) is 49.9 Å². The van der Waals surface area contributed by atoms with Gasteiger partial charge in [0.25, 0.3) is 0 Å². The summed E-state index contributed by atoms with van der Waals surface area (Å²) in [7, 11) is 0. The molecule has 2 aliphatic rings. The molecule has 2 heterocycles. The fraction of sp³-hybridized carbons (Fsp3) is 1.00. The lowest BCUT2D eigenvalue weighted by molar-refractivity contribution is -0.538. The van der Waals surface area contributed by atoms with Gasteiger partial charge in [0.05, 0.1) is 44.6 Å². The molecule has 2 fully saturated rings. The maximum Gasteiger partial charge on any atom is 0.220 e. The zero-order valence-electron chi connectivity index (χ0n) is 10.5. The highest BCUT2D eigenvalue weighted by atomic mass is 16.7. The Kier molecular flexibility index (Phi) is 5.06. The van der Waals surface area contributed by atoms with Gasteiger partial charge in [-0.15, -0.1) is 0 Å². The quantitative estimate of drug-likeness (QED) is 0.516. The molecule has 0 bridgehead atoms. The third-order valence-corrected chi connectivity index (χ3v) is 3.34. The Morgan fingerprint density at radius 2 is 2.11 bits per heavy atom. The van der Waals surface area contributed by atoms with Crippen LogP contribution in [0.1, 0.15) is 19.3 Å². The summed E-state index contributed by atoms with van der Waals surface area (Å²) >= 11 is 0. The van der Waals surface area contributed by atoms with E-state index in [1.807, 2.05) is 0 Å². The first kappa shape index (κ1) is 14.6. The minimum Gasteiger partial charge on any atom is -0.394 e. The molecule has 0 aromatic heterocycles. The molecule has 110 valence electrons. The number of rotatable bonds is 4. The molecule has 2 aliphatic heterocycles. The predicted octanol–water partition coefficient (Wildman–Crippen LogP) is -0.705. The number of nitro groups is 1. The maximum atomic E-state index is 10.9. The fourth-order valence-corrected chi connectivity index (χ4v) is 2.41. The average molecular weight is 277 g/mol.